The average Bonchev–Trinajstić information content (AvgIpc) is 2.61. The van der Waals surface area contributed by atoms with Gasteiger partial charge in [-0.15, -0.1) is 11.3 Å². The SMILES string of the molecule is CCNC(=O)CNCc1cc(C(=O)O)sc1C. The van der Waals surface area contributed by atoms with Gasteiger partial charge in [0.05, 0.1) is 6.54 Å². The Hall–Kier alpha value is -1.40. The van der Waals surface area contributed by atoms with Crippen molar-refractivity contribution in [3.8, 4) is 0 Å². The molecular formula is C11H16N2O3S. The fourth-order valence-electron chi connectivity index (χ4n) is 1.37. The standard InChI is InChI=1S/C11H16N2O3S/c1-3-13-10(14)6-12-5-8-4-9(11(15)16)17-7(8)2/h4,12H,3,5-6H2,1-2H3,(H,13,14)(H,15,16). The smallest absolute Gasteiger partial charge is 0.345 e. The highest BCUT2D eigenvalue weighted by Gasteiger charge is 2.10. The van der Waals surface area contributed by atoms with Crippen LogP contribution < -0.4 is 10.6 Å². The zero-order valence-electron chi connectivity index (χ0n) is 9.87. The van der Waals surface area contributed by atoms with E-state index in [4.69, 9.17) is 5.11 Å². The van der Waals surface area contributed by atoms with Gasteiger partial charge in [-0.2, -0.15) is 0 Å². The van der Waals surface area contributed by atoms with E-state index in [9.17, 15) is 9.59 Å². The summed E-state index contributed by atoms with van der Waals surface area (Å²) in [5.74, 6) is -0.966. The zero-order chi connectivity index (χ0) is 12.8. The van der Waals surface area contributed by atoms with Crippen LogP contribution in [-0.4, -0.2) is 30.1 Å². The van der Waals surface area contributed by atoms with Crippen LogP contribution >= 0.6 is 11.3 Å². The lowest BCUT2D eigenvalue weighted by molar-refractivity contribution is -0.120. The van der Waals surface area contributed by atoms with Crippen LogP contribution in [0.1, 0.15) is 27.0 Å². The molecule has 0 bridgehead atoms. The Labute approximate surface area is 104 Å². The molecule has 0 atom stereocenters. The Morgan fingerprint density at radius 3 is 2.71 bits per heavy atom. The molecular weight excluding hydrogens is 240 g/mol. The molecule has 1 amide bonds. The number of carbonyl (C=O) groups excluding carboxylic acids is 1. The van der Waals surface area contributed by atoms with Crippen LogP contribution in [0.4, 0.5) is 0 Å². The first-order chi connectivity index (χ1) is 8.04. The van der Waals surface area contributed by atoms with Crippen molar-refractivity contribution in [3.05, 3.63) is 21.4 Å². The Morgan fingerprint density at radius 2 is 2.18 bits per heavy atom. The van der Waals surface area contributed by atoms with E-state index < -0.39 is 5.97 Å². The molecule has 1 rings (SSSR count). The third kappa shape index (κ3) is 4.16. The summed E-state index contributed by atoms with van der Waals surface area (Å²) in [6.07, 6.45) is 0. The van der Waals surface area contributed by atoms with Gasteiger partial charge < -0.3 is 15.7 Å². The topological polar surface area (TPSA) is 78.4 Å². The molecule has 0 saturated heterocycles. The first-order valence-electron chi connectivity index (χ1n) is 5.34. The van der Waals surface area contributed by atoms with E-state index >= 15 is 0 Å². The fraction of sp³-hybridized carbons (Fsp3) is 0.455. The maximum absolute atomic E-state index is 11.2. The van der Waals surface area contributed by atoms with Gasteiger partial charge >= 0.3 is 5.97 Å². The maximum atomic E-state index is 11.2. The number of amides is 1. The van der Waals surface area contributed by atoms with E-state index in [0.29, 0.717) is 18.0 Å². The highest BCUT2D eigenvalue weighted by molar-refractivity contribution is 7.14. The summed E-state index contributed by atoms with van der Waals surface area (Å²) in [6, 6.07) is 1.65. The summed E-state index contributed by atoms with van der Waals surface area (Å²) in [7, 11) is 0. The normalized spacial score (nSPS) is 10.2. The third-order valence-electron chi connectivity index (χ3n) is 2.21. The minimum Gasteiger partial charge on any atom is -0.477 e. The maximum Gasteiger partial charge on any atom is 0.345 e. The molecule has 1 aromatic rings. The van der Waals surface area contributed by atoms with Gasteiger partial charge in [0.15, 0.2) is 0 Å². The predicted octanol–water partition coefficient (Wildman–Crippen LogP) is 0.980. The van der Waals surface area contributed by atoms with Crippen molar-refractivity contribution in [1.29, 1.82) is 0 Å². The lowest BCUT2D eigenvalue weighted by Crippen LogP contribution is -2.33. The molecule has 0 aliphatic carbocycles. The van der Waals surface area contributed by atoms with Crippen molar-refractivity contribution in [3.63, 3.8) is 0 Å². The van der Waals surface area contributed by atoms with E-state index in [1.165, 1.54) is 11.3 Å². The molecule has 0 aromatic carbocycles. The van der Waals surface area contributed by atoms with Gasteiger partial charge in [0, 0.05) is 18.0 Å². The van der Waals surface area contributed by atoms with E-state index in [1.54, 1.807) is 6.07 Å². The summed E-state index contributed by atoms with van der Waals surface area (Å²) in [5, 5.41) is 14.5. The number of thiophene rings is 1. The Balaban J connectivity index is 2.46. The number of rotatable bonds is 6. The molecule has 6 heteroatoms. The van der Waals surface area contributed by atoms with Gasteiger partial charge in [-0.3, -0.25) is 4.79 Å². The van der Waals surface area contributed by atoms with Crippen molar-refractivity contribution in [1.82, 2.24) is 10.6 Å². The largest absolute Gasteiger partial charge is 0.477 e. The summed E-state index contributed by atoms with van der Waals surface area (Å²) in [5.41, 5.74) is 0.927. The summed E-state index contributed by atoms with van der Waals surface area (Å²) in [4.78, 5) is 23.2. The van der Waals surface area contributed by atoms with E-state index in [1.807, 2.05) is 13.8 Å². The van der Waals surface area contributed by atoms with Crippen molar-refractivity contribution >= 4 is 23.2 Å². The Morgan fingerprint density at radius 1 is 1.47 bits per heavy atom. The average molecular weight is 256 g/mol. The van der Waals surface area contributed by atoms with Crippen LogP contribution in [0.5, 0.6) is 0 Å². The molecule has 0 fully saturated rings. The number of hydrogen-bond donors (Lipinski definition) is 3. The first kappa shape index (κ1) is 13.7. The molecule has 1 aromatic heterocycles. The van der Waals surface area contributed by atoms with Crippen LogP contribution in [0, 0.1) is 6.92 Å². The van der Waals surface area contributed by atoms with E-state index in [0.717, 1.165) is 10.4 Å². The highest BCUT2D eigenvalue weighted by atomic mass is 32.1. The molecule has 94 valence electrons. The van der Waals surface area contributed by atoms with Gasteiger partial charge in [-0.1, -0.05) is 0 Å². The second-order valence-electron chi connectivity index (χ2n) is 3.55. The Kier molecular flexibility index (Phi) is 5.11. The molecule has 0 aliphatic heterocycles. The van der Waals surface area contributed by atoms with Gasteiger partial charge in [-0.25, -0.2) is 4.79 Å². The number of carbonyl (C=O) groups is 2. The Bertz CT molecular complexity index is 415. The minimum atomic E-state index is -0.909. The second kappa shape index (κ2) is 6.36. The van der Waals surface area contributed by atoms with Gasteiger partial charge in [0.25, 0.3) is 0 Å². The molecule has 0 spiro atoms. The lowest BCUT2D eigenvalue weighted by Gasteiger charge is -2.04. The van der Waals surface area contributed by atoms with E-state index in [2.05, 4.69) is 10.6 Å². The van der Waals surface area contributed by atoms with Crippen molar-refractivity contribution < 1.29 is 14.7 Å². The van der Waals surface area contributed by atoms with Crippen LogP contribution in [0.3, 0.4) is 0 Å². The molecule has 0 unspecified atom stereocenters. The molecule has 1 heterocycles. The van der Waals surface area contributed by atoms with Crippen LogP contribution in [-0.2, 0) is 11.3 Å². The van der Waals surface area contributed by atoms with Crippen LogP contribution in [0.25, 0.3) is 0 Å². The fourth-order valence-corrected chi connectivity index (χ4v) is 2.25. The molecule has 0 aliphatic rings. The van der Waals surface area contributed by atoms with Crippen LogP contribution in [0.15, 0.2) is 6.07 Å². The second-order valence-corrected chi connectivity index (χ2v) is 4.81. The van der Waals surface area contributed by atoms with Crippen molar-refractivity contribution in [2.24, 2.45) is 0 Å². The summed E-state index contributed by atoms with van der Waals surface area (Å²) >= 11 is 1.25. The van der Waals surface area contributed by atoms with Crippen molar-refractivity contribution in [2.45, 2.75) is 20.4 Å². The third-order valence-corrected chi connectivity index (χ3v) is 3.29. The molecule has 0 saturated carbocycles. The van der Waals surface area contributed by atoms with Gasteiger partial charge in [0.2, 0.25) is 5.91 Å². The van der Waals surface area contributed by atoms with Crippen molar-refractivity contribution in [2.75, 3.05) is 13.1 Å². The summed E-state index contributed by atoms with van der Waals surface area (Å²) in [6.45, 7) is 5.10. The highest BCUT2D eigenvalue weighted by Crippen LogP contribution is 2.21. The van der Waals surface area contributed by atoms with E-state index in [-0.39, 0.29) is 12.5 Å². The lowest BCUT2D eigenvalue weighted by atomic mass is 10.2. The molecule has 5 nitrogen and oxygen atoms in total. The molecule has 3 N–H and O–H groups in total. The number of aromatic carboxylic acids is 1. The number of aryl methyl sites for hydroxylation is 1. The summed E-state index contributed by atoms with van der Waals surface area (Å²) < 4.78 is 0. The van der Waals surface area contributed by atoms with Gasteiger partial charge in [-0.05, 0) is 25.5 Å². The first-order valence-corrected chi connectivity index (χ1v) is 6.16. The zero-order valence-corrected chi connectivity index (χ0v) is 10.7. The molecule has 17 heavy (non-hydrogen) atoms. The number of hydrogen-bond acceptors (Lipinski definition) is 4. The quantitative estimate of drug-likeness (QED) is 0.709. The monoisotopic (exact) mass is 256 g/mol. The van der Waals surface area contributed by atoms with Crippen LogP contribution in [0.2, 0.25) is 0 Å². The minimum absolute atomic E-state index is 0.0566. The molecule has 0 radical (unpaired) electrons. The number of carboxylic acids is 1. The van der Waals surface area contributed by atoms with Gasteiger partial charge in [0.1, 0.15) is 4.88 Å². The number of likely N-dealkylation sites (N-methyl/N-ethyl adjacent to an activating group) is 1. The number of nitrogens with one attached hydrogen (secondary N) is 2. The predicted molar refractivity (Wildman–Crippen MR) is 66.4 cm³/mol. The number of carboxylic acid groups (broad SMARTS) is 1.